The SMILES string of the molecule is CC(Cc1ccccn1)(OC(N)=O)C(=O)NCCc1ccccc1. The fraction of sp³-hybridized carbons (Fsp3) is 0.278. The van der Waals surface area contributed by atoms with E-state index in [-0.39, 0.29) is 6.42 Å². The van der Waals surface area contributed by atoms with Crippen LogP contribution in [0.4, 0.5) is 4.79 Å². The molecule has 0 spiro atoms. The summed E-state index contributed by atoms with van der Waals surface area (Å²) in [6, 6.07) is 15.1. The van der Waals surface area contributed by atoms with Gasteiger partial charge >= 0.3 is 6.09 Å². The number of primary amides is 1. The molecule has 1 atom stereocenters. The summed E-state index contributed by atoms with van der Waals surface area (Å²) in [5, 5.41) is 2.80. The molecule has 0 radical (unpaired) electrons. The molecule has 2 amide bonds. The van der Waals surface area contributed by atoms with Gasteiger partial charge in [-0.2, -0.15) is 0 Å². The van der Waals surface area contributed by atoms with Gasteiger partial charge in [-0.3, -0.25) is 9.78 Å². The molecule has 0 fully saturated rings. The first-order valence-electron chi connectivity index (χ1n) is 7.70. The second-order valence-electron chi connectivity index (χ2n) is 5.64. The van der Waals surface area contributed by atoms with E-state index in [2.05, 4.69) is 10.3 Å². The summed E-state index contributed by atoms with van der Waals surface area (Å²) in [4.78, 5) is 27.9. The molecule has 0 bridgehead atoms. The van der Waals surface area contributed by atoms with E-state index >= 15 is 0 Å². The number of carbonyl (C=O) groups excluding carboxylic acids is 2. The number of hydrogen-bond acceptors (Lipinski definition) is 4. The summed E-state index contributed by atoms with van der Waals surface area (Å²) in [5.41, 5.74) is 5.47. The van der Waals surface area contributed by atoms with Crippen LogP contribution in [0.5, 0.6) is 0 Å². The Hall–Kier alpha value is -2.89. The van der Waals surface area contributed by atoms with E-state index in [1.165, 1.54) is 6.92 Å². The summed E-state index contributed by atoms with van der Waals surface area (Å²) < 4.78 is 5.09. The van der Waals surface area contributed by atoms with Crippen LogP contribution in [0.1, 0.15) is 18.2 Å². The quantitative estimate of drug-likeness (QED) is 0.811. The summed E-state index contributed by atoms with van der Waals surface area (Å²) in [6.07, 6.45) is 1.45. The average molecular weight is 327 g/mol. The summed E-state index contributed by atoms with van der Waals surface area (Å²) in [7, 11) is 0. The highest BCUT2D eigenvalue weighted by Crippen LogP contribution is 2.17. The first kappa shape index (κ1) is 17.5. The van der Waals surface area contributed by atoms with Crippen LogP contribution in [0.2, 0.25) is 0 Å². The minimum atomic E-state index is -1.41. The zero-order chi connectivity index (χ0) is 17.4. The van der Waals surface area contributed by atoms with Crippen molar-refractivity contribution in [1.29, 1.82) is 0 Å². The normalized spacial score (nSPS) is 12.9. The molecule has 2 rings (SSSR count). The van der Waals surface area contributed by atoms with E-state index in [1.54, 1.807) is 24.4 Å². The van der Waals surface area contributed by atoms with Crippen molar-refractivity contribution in [1.82, 2.24) is 10.3 Å². The van der Waals surface area contributed by atoms with Crippen LogP contribution in [0.25, 0.3) is 0 Å². The fourth-order valence-corrected chi connectivity index (χ4v) is 2.39. The monoisotopic (exact) mass is 327 g/mol. The summed E-state index contributed by atoms with van der Waals surface area (Å²) >= 11 is 0. The maximum atomic E-state index is 12.5. The van der Waals surface area contributed by atoms with E-state index in [0.717, 1.165) is 5.56 Å². The maximum absolute atomic E-state index is 12.5. The van der Waals surface area contributed by atoms with Gasteiger partial charge < -0.3 is 15.8 Å². The van der Waals surface area contributed by atoms with E-state index in [9.17, 15) is 9.59 Å². The van der Waals surface area contributed by atoms with Gasteiger partial charge in [0.25, 0.3) is 5.91 Å². The van der Waals surface area contributed by atoms with Crippen LogP contribution in [-0.2, 0) is 22.4 Å². The predicted molar refractivity (Wildman–Crippen MR) is 90.2 cm³/mol. The number of aromatic nitrogens is 1. The third-order valence-corrected chi connectivity index (χ3v) is 3.59. The Morgan fingerprint density at radius 3 is 2.50 bits per heavy atom. The maximum Gasteiger partial charge on any atom is 0.405 e. The molecule has 6 nitrogen and oxygen atoms in total. The van der Waals surface area contributed by atoms with Crippen molar-refractivity contribution in [2.24, 2.45) is 5.73 Å². The topological polar surface area (TPSA) is 94.3 Å². The van der Waals surface area contributed by atoms with Crippen molar-refractivity contribution in [3.8, 4) is 0 Å². The lowest BCUT2D eigenvalue weighted by Crippen LogP contribution is -2.50. The molecule has 0 saturated heterocycles. The molecule has 0 aliphatic rings. The molecule has 1 aromatic carbocycles. The predicted octanol–water partition coefficient (Wildman–Crippen LogP) is 1.84. The van der Waals surface area contributed by atoms with E-state index in [1.807, 2.05) is 30.3 Å². The number of amides is 2. The van der Waals surface area contributed by atoms with Crippen molar-refractivity contribution in [3.05, 3.63) is 66.0 Å². The van der Waals surface area contributed by atoms with Crippen LogP contribution in [0, 0.1) is 0 Å². The second-order valence-corrected chi connectivity index (χ2v) is 5.64. The Morgan fingerprint density at radius 1 is 1.17 bits per heavy atom. The highest BCUT2D eigenvalue weighted by Gasteiger charge is 2.37. The van der Waals surface area contributed by atoms with Crippen molar-refractivity contribution in [3.63, 3.8) is 0 Å². The highest BCUT2D eigenvalue weighted by molar-refractivity contribution is 5.87. The zero-order valence-corrected chi connectivity index (χ0v) is 13.6. The largest absolute Gasteiger partial charge is 0.433 e. The van der Waals surface area contributed by atoms with Crippen molar-refractivity contribution in [2.75, 3.05) is 6.54 Å². The van der Waals surface area contributed by atoms with Gasteiger partial charge in [-0.1, -0.05) is 36.4 Å². The standard InChI is InChI=1S/C18H21N3O3/c1-18(24-17(19)23,13-15-9-5-6-11-20-15)16(22)21-12-10-14-7-3-2-4-8-14/h2-9,11H,10,12-13H2,1H3,(H2,19,23)(H,21,22). The van der Waals surface area contributed by atoms with E-state index in [4.69, 9.17) is 10.5 Å². The first-order valence-corrected chi connectivity index (χ1v) is 7.70. The number of nitrogens with two attached hydrogens (primary N) is 1. The van der Waals surface area contributed by atoms with Crippen LogP contribution in [-0.4, -0.2) is 29.1 Å². The first-order chi connectivity index (χ1) is 11.5. The van der Waals surface area contributed by atoms with Gasteiger partial charge in [0, 0.05) is 24.9 Å². The molecule has 0 aliphatic carbocycles. The Kier molecular flexibility index (Phi) is 5.89. The Bertz CT molecular complexity index is 676. The van der Waals surface area contributed by atoms with Gasteiger partial charge in [-0.25, -0.2) is 4.79 Å². The van der Waals surface area contributed by atoms with Gasteiger partial charge in [0.1, 0.15) is 0 Å². The number of nitrogens with zero attached hydrogens (tertiary/aromatic N) is 1. The molecular formula is C18H21N3O3. The van der Waals surface area contributed by atoms with Crippen molar-refractivity contribution < 1.29 is 14.3 Å². The number of hydrogen-bond donors (Lipinski definition) is 2. The molecule has 1 heterocycles. The van der Waals surface area contributed by atoms with Crippen LogP contribution < -0.4 is 11.1 Å². The van der Waals surface area contributed by atoms with Gasteiger partial charge in [-0.15, -0.1) is 0 Å². The minimum Gasteiger partial charge on any atom is -0.433 e. The number of carbonyl (C=O) groups is 2. The van der Waals surface area contributed by atoms with E-state index in [0.29, 0.717) is 18.7 Å². The Morgan fingerprint density at radius 2 is 1.88 bits per heavy atom. The van der Waals surface area contributed by atoms with E-state index < -0.39 is 17.6 Å². The lowest BCUT2D eigenvalue weighted by Gasteiger charge is -2.27. The van der Waals surface area contributed by atoms with Crippen LogP contribution in [0.3, 0.4) is 0 Å². The fourth-order valence-electron chi connectivity index (χ4n) is 2.39. The molecule has 24 heavy (non-hydrogen) atoms. The molecule has 1 unspecified atom stereocenters. The van der Waals surface area contributed by atoms with Gasteiger partial charge in [0.2, 0.25) is 0 Å². The molecule has 3 N–H and O–H groups in total. The number of nitrogens with one attached hydrogen (secondary N) is 1. The van der Waals surface area contributed by atoms with Gasteiger partial charge in [-0.05, 0) is 31.0 Å². The number of ether oxygens (including phenoxy) is 1. The minimum absolute atomic E-state index is 0.147. The lowest BCUT2D eigenvalue weighted by molar-refractivity contribution is -0.138. The number of pyridine rings is 1. The van der Waals surface area contributed by atoms with Gasteiger partial charge in [0.15, 0.2) is 5.60 Å². The van der Waals surface area contributed by atoms with Crippen LogP contribution in [0.15, 0.2) is 54.7 Å². The zero-order valence-electron chi connectivity index (χ0n) is 13.6. The number of rotatable bonds is 7. The lowest BCUT2D eigenvalue weighted by atomic mass is 9.98. The summed E-state index contributed by atoms with van der Waals surface area (Å²) in [6.45, 7) is 1.97. The molecule has 1 aromatic heterocycles. The average Bonchev–Trinajstić information content (AvgIpc) is 2.56. The third kappa shape index (κ3) is 5.08. The molecule has 2 aromatic rings. The second kappa shape index (κ2) is 8.10. The summed E-state index contributed by atoms with van der Waals surface area (Å²) in [5.74, 6) is -0.400. The molecule has 126 valence electrons. The molecule has 0 aliphatic heterocycles. The Balaban J connectivity index is 2.00. The smallest absolute Gasteiger partial charge is 0.405 e. The Labute approximate surface area is 141 Å². The molecule has 0 saturated carbocycles. The number of benzene rings is 1. The molecule has 6 heteroatoms. The third-order valence-electron chi connectivity index (χ3n) is 3.59. The highest BCUT2D eigenvalue weighted by atomic mass is 16.6. The van der Waals surface area contributed by atoms with Gasteiger partial charge in [0.05, 0.1) is 0 Å². The molecular weight excluding hydrogens is 306 g/mol. The van der Waals surface area contributed by atoms with Crippen LogP contribution >= 0.6 is 0 Å². The van der Waals surface area contributed by atoms with Crippen molar-refractivity contribution in [2.45, 2.75) is 25.4 Å². The van der Waals surface area contributed by atoms with Crippen molar-refractivity contribution >= 4 is 12.0 Å².